The molecular formula is C14H15F3N4OS. The maximum atomic E-state index is 12.8. The van der Waals surface area contributed by atoms with Gasteiger partial charge in [0.1, 0.15) is 0 Å². The molecule has 3 rings (SSSR count). The molecule has 2 heterocycles. The molecule has 1 aliphatic carbocycles. The maximum Gasteiger partial charge on any atom is 0.417 e. The molecule has 0 spiro atoms. The number of hydrogen-bond donors (Lipinski definition) is 1. The van der Waals surface area contributed by atoms with Crippen molar-refractivity contribution >= 4 is 23.3 Å². The average molecular weight is 344 g/mol. The zero-order valence-electron chi connectivity index (χ0n) is 12.3. The summed E-state index contributed by atoms with van der Waals surface area (Å²) < 4.78 is 39.6. The highest BCUT2D eigenvalue weighted by molar-refractivity contribution is 7.99. The third-order valence-electron chi connectivity index (χ3n) is 3.75. The van der Waals surface area contributed by atoms with Crippen molar-refractivity contribution in [1.29, 1.82) is 0 Å². The number of nitrogens with zero attached hydrogens (tertiary/aromatic N) is 3. The molecule has 0 radical (unpaired) electrons. The zero-order chi connectivity index (χ0) is 16.6. The van der Waals surface area contributed by atoms with E-state index in [4.69, 9.17) is 0 Å². The Bertz CT molecular complexity index is 726. The molecule has 0 bridgehead atoms. The Balaban J connectivity index is 1.68. The number of carbonyl (C=O) groups is 1. The van der Waals surface area contributed by atoms with Crippen LogP contribution in [0.1, 0.15) is 25.3 Å². The summed E-state index contributed by atoms with van der Waals surface area (Å²) in [6, 6.07) is 2.35. The van der Waals surface area contributed by atoms with Crippen molar-refractivity contribution in [3.8, 4) is 0 Å². The van der Waals surface area contributed by atoms with E-state index in [1.165, 1.54) is 10.5 Å². The lowest BCUT2D eigenvalue weighted by Crippen LogP contribution is -2.35. The first-order valence-electron chi connectivity index (χ1n) is 7.19. The van der Waals surface area contributed by atoms with Crippen molar-refractivity contribution in [2.24, 2.45) is 5.92 Å². The van der Waals surface area contributed by atoms with Crippen LogP contribution in [0.2, 0.25) is 0 Å². The van der Waals surface area contributed by atoms with Gasteiger partial charge in [-0.05, 0) is 37.8 Å². The first-order valence-corrected chi connectivity index (χ1v) is 8.17. The quantitative estimate of drug-likeness (QED) is 0.848. The zero-order valence-corrected chi connectivity index (χ0v) is 13.1. The second-order valence-electron chi connectivity index (χ2n) is 5.61. The topological polar surface area (TPSA) is 59.3 Å². The van der Waals surface area contributed by atoms with E-state index in [-0.39, 0.29) is 22.9 Å². The fourth-order valence-electron chi connectivity index (χ4n) is 2.28. The van der Waals surface area contributed by atoms with E-state index in [1.54, 1.807) is 0 Å². The minimum absolute atomic E-state index is 0.0914. The van der Waals surface area contributed by atoms with Crippen LogP contribution in [-0.4, -0.2) is 32.3 Å². The van der Waals surface area contributed by atoms with Gasteiger partial charge < -0.3 is 5.32 Å². The van der Waals surface area contributed by atoms with Gasteiger partial charge in [0.25, 0.3) is 0 Å². The summed E-state index contributed by atoms with van der Waals surface area (Å²) in [7, 11) is 0. The molecule has 0 aliphatic heterocycles. The van der Waals surface area contributed by atoms with Gasteiger partial charge in [-0.1, -0.05) is 11.8 Å². The number of hydrogen-bond acceptors (Lipinski definition) is 4. The van der Waals surface area contributed by atoms with E-state index in [0.29, 0.717) is 11.6 Å². The predicted octanol–water partition coefficient (Wildman–Crippen LogP) is 2.75. The highest BCUT2D eigenvalue weighted by Gasteiger charge is 2.31. The van der Waals surface area contributed by atoms with Gasteiger partial charge in [-0.3, -0.25) is 9.20 Å². The van der Waals surface area contributed by atoms with Crippen molar-refractivity contribution in [1.82, 2.24) is 19.9 Å². The Morgan fingerprint density at radius 3 is 2.83 bits per heavy atom. The third-order valence-corrected chi connectivity index (χ3v) is 4.69. The summed E-state index contributed by atoms with van der Waals surface area (Å²) in [5, 5.41) is 10.8. The van der Waals surface area contributed by atoms with Crippen molar-refractivity contribution in [3.05, 3.63) is 23.9 Å². The van der Waals surface area contributed by atoms with E-state index in [1.807, 2.05) is 6.92 Å². The fraction of sp³-hybridized carbons (Fsp3) is 0.500. The SMILES string of the molecule is CC(NC(=O)CSc1nnc2ccc(C(F)(F)F)cn12)C1CC1. The van der Waals surface area contributed by atoms with Crippen LogP contribution in [0, 0.1) is 5.92 Å². The van der Waals surface area contributed by atoms with Gasteiger partial charge in [0.05, 0.1) is 11.3 Å². The van der Waals surface area contributed by atoms with Crippen LogP contribution in [0.4, 0.5) is 13.2 Å². The third kappa shape index (κ3) is 3.77. The second kappa shape index (κ2) is 6.03. The summed E-state index contributed by atoms with van der Waals surface area (Å²) in [4.78, 5) is 11.9. The Kier molecular flexibility index (Phi) is 4.22. The number of halogens is 3. The molecule has 1 N–H and O–H groups in total. The minimum atomic E-state index is -4.43. The number of aromatic nitrogens is 3. The Morgan fingerprint density at radius 1 is 1.43 bits per heavy atom. The molecule has 9 heteroatoms. The van der Waals surface area contributed by atoms with Gasteiger partial charge >= 0.3 is 6.18 Å². The molecule has 1 aliphatic rings. The summed E-state index contributed by atoms with van der Waals surface area (Å²) in [6.45, 7) is 1.96. The van der Waals surface area contributed by atoms with Crippen LogP contribution in [-0.2, 0) is 11.0 Å². The molecule has 124 valence electrons. The first kappa shape index (κ1) is 16.1. The monoisotopic (exact) mass is 344 g/mol. The van der Waals surface area contributed by atoms with Gasteiger partial charge in [0, 0.05) is 12.2 Å². The van der Waals surface area contributed by atoms with Crippen LogP contribution < -0.4 is 5.32 Å². The van der Waals surface area contributed by atoms with Gasteiger partial charge in [-0.2, -0.15) is 13.2 Å². The number of rotatable bonds is 5. The smallest absolute Gasteiger partial charge is 0.353 e. The normalized spacial score (nSPS) is 16.5. The van der Waals surface area contributed by atoms with Crippen LogP contribution in [0.15, 0.2) is 23.5 Å². The fourth-order valence-corrected chi connectivity index (χ4v) is 3.00. The summed E-state index contributed by atoms with van der Waals surface area (Å²) in [6.07, 6.45) is -1.23. The molecule has 2 aromatic heterocycles. The highest BCUT2D eigenvalue weighted by Crippen LogP contribution is 2.32. The number of alkyl halides is 3. The molecule has 5 nitrogen and oxygen atoms in total. The van der Waals surface area contributed by atoms with Crippen LogP contribution in [0.25, 0.3) is 5.65 Å². The summed E-state index contributed by atoms with van der Waals surface area (Å²) in [5.41, 5.74) is -0.467. The maximum absolute atomic E-state index is 12.8. The van der Waals surface area contributed by atoms with Crippen molar-refractivity contribution in [2.45, 2.75) is 37.1 Å². The van der Waals surface area contributed by atoms with E-state index >= 15 is 0 Å². The average Bonchev–Trinajstić information content (AvgIpc) is 3.25. The molecular weight excluding hydrogens is 329 g/mol. The molecule has 1 saturated carbocycles. The van der Waals surface area contributed by atoms with Crippen LogP contribution in [0.5, 0.6) is 0 Å². The highest BCUT2D eigenvalue weighted by atomic mass is 32.2. The summed E-state index contributed by atoms with van der Waals surface area (Å²) in [5.74, 6) is 0.485. The lowest BCUT2D eigenvalue weighted by Gasteiger charge is -2.12. The lowest BCUT2D eigenvalue weighted by molar-refractivity contribution is -0.137. The Hall–Kier alpha value is -1.77. The van der Waals surface area contributed by atoms with Crippen molar-refractivity contribution in [2.75, 3.05) is 5.75 Å². The number of thioether (sulfide) groups is 1. The molecule has 23 heavy (non-hydrogen) atoms. The second-order valence-corrected chi connectivity index (χ2v) is 6.55. The summed E-state index contributed by atoms with van der Waals surface area (Å²) >= 11 is 1.07. The molecule has 1 unspecified atom stereocenters. The molecule has 1 atom stereocenters. The number of amides is 1. The number of carbonyl (C=O) groups excluding carboxylic acids is 1. The molecule has 2 aromatic rings. The minimum Gasteiger partial charge on any atom is -0.353 e. The van der Waals surface area contributed by atoms with E-state index in [2.05, 4.69) is 15.5 Å². The predicted molar refractivity (Wildman–Crippen MR) is 79.0 cm³/mol. The molecule has 0 aromatic carbocycles. The van der Waals surface area contributed by atoms with Gasteiger partial charge in [0.2, 0.25) is 5.91 Å². The number of nitrogens with one attached hydrogen (secondary N) is 1. The van der Waals surface area contributed by atoms with Gasteiger partial charge in [-0.15, -0.1) is 10.2 Å². The van der Waals surface area contributed by atoms with Crippen LogP contribution in [0.3, 0.4) is 0 Å². The Morgan fingerprint density at radius 2 is 2.17 bits per heavy atom. The largest absolute Gasteiger partial charge is 0.417 e. The van der Waals surface area contributed by atoms with Crippen molar-refractivity contribution < 1.29 is 18.0 Å². The lowest BCUT2D eigenvalue weighted by atomic mass is 10.2. The molecule has 0 saturated heterocycles. The van der Waals surface area contributed by atoms with Gasteiger partial charge in [0.15, 0.2) is 10.8 Å². The molecule has 1 amide bonds. The Labute approximate surface area is 134 Å². The van der Waals surface area contributed by atoms with Gasteiger partial charge in [-0.25, -0.2) is 0 Å². The van der Waals surface area contributed by atoms with E-state index in [9.17, 15) is 18.0 Å². The van der Waals surface area contributed by atoms with E-state index < -0.39 is 11.7 Å². The first-order chi connectivity index (χ1) is 10.8. The van der Waals surface area contributed by atoms with Crippen LogP contribution >= 0.6 is 11.8 Å². The van der Waals surface area contributed by atoms with Crippen molar-refractivity contribution in [3.63, 3.8) is 0 Å². The number of pyridine rings is 1. The molecule has 1 fully saturated rings. The van der Waals surface area contributed by atoms with E-state index in [0.717, 1.165) is 36.9 Å². The number of fused-ring (bicyclic) bond motifs is 1. The standard InChI is InChI=1S/C14H15F3N4OS/c1-8(9-2-3-9)18-12(22)7-23-13-20-19-11-5-4-10(6-21(11)13)14(15,16)17/h4-6,8-9H,2-3,7H2,1H3,(H,18,22).